The van der Waals surface area contributed by atoms with Crippen molar-refractivity contribution in [2.24, 2.45) is 16.3 Å². The molecule has 2 rings (SSSR count). The van der Waals surface area contributed by atoms with Gasteiger partial charge in [0.1, 0.15) is 5.84 Å². The molecule has 0 saturated carbocycles. The van der Waals surface area contributed by atoms with Gasteiger partial charge in [0.05, 0.1) is 4.75 Å². The van der Waals surface area contributed by atoms with Crippen LogP contribution in [0.15, 0.2) is 5.16 Å². The molecule has 1 unspecified atom stereocenters. The van der Waals surface area contributed by atoms with Gasteiger partial charge in [-0.25, -0.2) is 0 Å². The van der Waals surface area contributed by atoms with E-state index in [9.17, 15) is 4.79 Å². The first-order valence-electron chi connectivity index (χ1n) is 6.83. The number of carbonyl (C=O) groups excluding carboxylic acids is 1. The summed E-state index contributed by atoms with van der Waals surface area (Å²) in [5.41, 5.74) is 5.46. The third-order valence-electron chi connectivity index (χ3n) is 4.55. The van der Waals surface area contributed by atoms with E-state index in [1.165, 1.54) is 0 Å². The molecule has 0 bridgehead atoms. The van der Waals surface area contributed by atoms with Crippen molar-refractivity contribution in [3.05, 3.63) is 0 Å². The molecule has 0 aromatic carbocycles. The second-order valence-corrected chi connectivity index (χ2v) is 7.62. The maximum Gasteiger partial charge on any atom is 0.238 e. The smallest absolute Gasteiger partial charge is 0.238 e. The summed E-state index contributed by atoms with van der Waals surface area (Å²) in [7, 11) is 0. The second kappa shape index (κ2) is 5.23. The number of hydrogen-bond acceptors (Lipinski definition) is 4. The Labute approximate surface area is 118 Å². The van der Waals surface area contributed by atoms with E-state index in [4.69, 9.17) is 10.9 Å². The monoisotopic (exact) mass is 285 g/mol. The molecule has 2 aliphatic heterocycles. The molecule has 3 N–H and O–H groups in total. The summed E-state index contributed by atoms with van der Waals surface area (Å²) < 4.78 is -0.232. The van der Waals surface area contributed by atoms with Gasteiger partial charge in [0.25, 0.3) is 0 Å². The van der Waals surface area contributed by atoms with Crippen LogP contribution in [0.25, 0.3) is 0 Å². The fourth-order valence-electron chi connectivity index (χ4n) is 2.86. The normalized spacial score (nSPS) is 31.5. The van der Waals surface area contributed by atoms with E-state index in [2.05, 4.69) is 12.1 Å². The summed E-state index contributed by atoms with van der Waals surface area (Å²) in [6, 6.07) is 0. The molecule has 6 heteroatoms. The molecule has 0 aliphatic carbocycles. The van der Waals surface area contributed by atoms with Gasteiger partial charge in [-0.15, -0.1) is 11.8 Å². The molecule has 19 heavy (non-hydrogen) atoms. The number of nitrogens with two attached hydrogens (primary N) is 1. The quantitative estimate of drug-likeness (QED) is 0.350. The van der Waals surface area contributed by atoms with Crippen LogP contribution >= 0.6 is 11.8 Å². The maximum atomic E-state index is 12.6. The molecule has 1 amide bonds. The number of amides is 1. The number of nitrogens with zero attached hydrogens (tertiary/aromatic N) is 2. The molecule has 2 saturated heterocycles. The second-order valence-electron chi connectivity index (χ2n) is 6.02. The van der Waals surface area contributed by atoms with Crippen LogP contribution in [-0.4, -0.2) is 45.4 Å². The third-order valence-corrected chi connectivity index (χ3v) is 6.06. The molecule has 0 spiro atoms. The average Bonchev–Trinajstić information content (AvgIpc) is 2.86. The Morgan fingerprint density at radius 3 is 2.42 bits per heavy atom. The predicted octanol–water partition coefficient (Wildman–Crippen LogP) is 1.65. The van der Waals surface area contributed by atoms with Crippen LogP contribution in [0, 0.1) is 5.41 Å². The first-order chi connectivity index (χ1) is 8.91. The van der Waals surface area contributed by atoms with Crippen molar-refractivity contribution in [1.82, 2.24) is 4.90 Å². The highest BCUT2D eigenvalue weighted by Gasteiger charge is 2.43. The van der Waals surface area contributed by atoms with Crippen molar-refractivity contribution >= 4 is 23.5 Å². The lowest BCUT2D eigenvalue weighted by Gasteiger charge is -2.41. The Bertz CT molecular complexity index is 383. The minimum absolute atomic E-state index is 0.232. The summed E-state index contributed by atoms with van der Waals surface area (Å²) in [5, 5.41) is 12.0. The van der Waals surface area contributed by atoms with Gasteiger partial charge in [-0.2, -0.15) is 0 Å². The van der Waals surface area contributed by atoms with Crippen LogP contribution in [0.3, 0.4) is 0 Å². The van der Waals surface area contributed by atoms with Crippen molar-refractivity contribution in [3.8, 4) is 0 Å². The lowest BCUT2D eigenvalue weighted by atomic mass is 9.79. The van der Waals surface area contributed by atoms with E-state index in [1.807, 2.05) is 11.8 Å². The van der Waals surface area contributed by atoms with Gasteiger partial charge in [0, 0.05) is 18.5 Å². The zero-order valence-corrected chi connectivity index (χ0v) is 12.5. The lowest BCUT2D eigenvalue weighted by Crippen LogP contribution is -2.51. The van der Waals surface area contributed by atoms with Crippen LogP contribution in [0.4, 0.5) is 0 Å². The standard InChI is InChI=1S/C13H23N3O2S/c1-12(10(14)15-18)5-7-16(8-6-12)11(17)13(2)4-3-9-19-13/h18H,3-9H2,1-2H3,(H2,14,15). The summed E-state index contributed by atoms with van der Waals surface area (Å²) in [6.07, 6.45) is 3.62. The fourth-order valence-corrected chi connectivity index (χ4v) is 4.14. The highest BCUT2D eigenvalue weighted by molar-refractivity contribution is 8.01. The highest BCUT2D eigenvalue weighted by atomic mass is 32.2. The summed E-state index contributed by atoms with van der Waals surface area (Å²) in [5.74, 6) is 1.62. The Morgan fingerprint density at radius 2 is 1.95 bits per heavy atom. The Hall–Kier alpha value is -0.910. The highest BCUT2D eigenvalue weighted by Crippen LogP contribution is 2.40. The minimum Gasteiger partial charge on any atom is -0.409 e. The largest absolute Gasteiger partial charge is 0.409 e. The molecular weight excluding hydrogens is 262 g/mol. The molecular formula is C13H23N3O2S. The number of carbonyl (C=O) groups is 1. The van der Waals surface area contributed by atoms with Crippen molar-refractivity contribution < 1.29 is 10.0 Å². The summed E-state index contributed by atoms with van der Waals surface area (Å²) in [4.78, 5) is 14.5. The SMILES string of the molecule is CC1(C(N)=NO)CCN(C(=O)C2(C)CCCS2)CC1. The van der Waals surface area contributed by atoms with Gasteiger partial charge in [-0.1, -0.05) is 12.1 Å². The lowest BCUT2D eigenvalue weighted by molar-refractivity contribution is -0.135. The summed E-state index contributed by atoms with van der Waals surface area (Å²) in [6.45, 7) is 5.45. The van der Waals surface area contributed by atoms with Gasteiger partial charge >= 0.3 is 0 Å². The number of amidine groups is 1. The molecule has 2 aliphatic rings. The first-order valence-corrected chi connectivity index (χ1v) is 7.81. The zero-order chi connectivity index (χ0) is 14.1. The van der Waals surface area contributed by atoms with Crippen LogP contribution in [-0.2, 0) is 4.79 Å². The van der Waals surface area contributed by atoms with Crippen LogP contribution in [0.1, 0.15) is 39.5 Å². The van der Waals surface area contributed by atoms with E-state index in [0.29, 0.717) is 13.1 Å². The van der Waals surface area contributed by atoms with Crippen molar-refractivity contribution in [2.75, 3.05) is 18.8 Å². The van der Waals surface area contributed by atoms with Crippen molar-refractivity contribution in [2.45, 2.75) is 44.3 Å². The number of thioether (sulfide) groups is 1. The van der Waals surface area contributed by atoms with E-state index < -0.39 is 0 Å². The van der Waals surface area contributed by atoms with Gasteiger partial charge in [0.2, 0.25) is 5.91 Å². The van der Waals surface area contributed by atoms with Gasteiger partial charge in [-0.05, 0) is 38.4 Å². The third kappa shape index (κ3) is 2.68. The Balaban J connectivity index is 1.98. The number of oxime groups is 1. The molecule has 108 valence electrons. The Kier molecular flexibility index (Phi) is 3.99. The zero-order valence-electron chi connectivity index (χ0n) is 11.7. The topological polar surface area (TPSA) is 78.9 Å². The van der Waals surface area contributed by atoms with Crippen LogP contribution < -0.4 is 5.73 Å². The van der Waals surface area contributed by atoms with Crippen LogP contribution in [0.2, 0.25) is 0 Å². The fraction of sp³-hybridized carbons (Fsp3) is 0.846. The molecule has 1 atom stereocenters. The van der Waals surface area contributed by atoms with Gasteiger partial charge in [-0.3, -0.25) is 4.79 Å². The predicted molar refractivity (Wildman–Crippen MR) is 77.4 cm³/mol. The van der Waals surface area contributed by atoms with Crippen LogP contribution in [0.5, 0.6) is 0 Å². The molecule has 2 fully saturated rings. The van der Waals surface area contributed by atoms with E-state index >= 15 is 0 Å². The number of piperidine rings is 1. The number of hydrogen-bond donors (Lipinski definition) is 2. The van der Waals surface area contributed by atoms with E-state index in [0.717, 1.165) is 31.4 Å². The molecule has 5 nitrogen and oxygen atoms in total. The molecule has 0 radical (unpaired) electrons. The van der Waals surface area contributed by atoms with Crippen molar-refractivity contribution in [1.29, 1.82) is 0 Å². The average molecular weight is 285 g/mol. The van der Waals surface area contributed by atoms with E-state index in [-0.39, 0.29) is 21.9 Å². The number of rotatable bonds is 2. The first kappa shape index (κ1) is 14.5. The summed E-state index contributed by atoms with van der Waals surface area (Å²) >= 11 is 1.78. The van der Waals surface area contributed by atoms with Gasteiger partial charge in [0.15, 0.2) is 0 Å². The van der Waals surface area contributed by atoms with Gasteiger partial charge < -0.3 is 15.8 Å². The van der Waals surface area contributed by atoms with Crippen molar-refractivity contribution in [3.63, 3.8) is 0 Å². The number of likely N-dealkylation sites (tertiary alicyclic amines) is 1. The molecule has 2 heterocycles. The minimum atomic E-state index is -0.282. The van der Waals surface area contributed by atoms with E-state index in [1.54, 1.807) is 11.8 Å². The Morgan fingerprint density at radius 1 is 1.32 bits per heavy atom. The maximum absolute atomic E-state index is 12.6. The molecule has 0 aromatic heterocycles. The molecule has 0 aromatic rings.